The summed E-state index contributed by atoms with van der Waals surface area (Å²) in [6, 6.07) is 26.3. The van der Waals surface area contributed by atoms with Crippen molar-refractivity contribution in [3.63, 3.8) is 0 Å². The van der Waals surface area contributed by atoms with Gasteiger partial charge in [0, 0.05) is 41.1 Å². The standard InChI is InChI=1S/C33H25N3O4/c1-35-18-26(19-12-14-21(15-13-19)36(39)40)32(17-16-23-22-8-2-3-11-27(22)34-29(23)31(32)38)33(35)25-10-5-7-20-6-4-9-24(28(20)25)30(33)37/h2-15,26,34H,16-18H2,1H3/t26-,32+,33-/m0/s1. The number of likely N-dealkylation sites (tertiary alicyclic amines) is 1. The van der Waals surface area contributed by atoms with Crippen molar-refractivity contribution in [2.75, 3.05) is 13.6 Å². The molecule has 1 fully saturated rings. The van der Waals surface area contributed by atoms with Gasteiger partial charge >= 0.3 is 0 Å². The third kappa shape index (κ3) is 2.54. The molecule has 1 aromatic heterocycles. The van der Waals surface area contributed by atoms with E-state index in [-0.39, 0.29) is 23.2 Å². The second-order valence-corrected chi connectivity index (χ2v) is 11.4. The number of para-hydroxylation sites is 1. The Morgan fingerprint density at radius 3 is 2.45 bits per heavy atom. The number of Topliss-reactive ketones (excluding diaryl/α,β-unsaturated/α-hetero) is 2. The summed E-state index contributed by atoms with van der Waals surface area (Å²) in [5.41, 5.74) is 2.53. The molecule has 2 spiro atoms. The van der Waals surface area contributed by atoms with Crippen molar-refractivity contribution >= 4 is 38.9 Å². The van der Waals surface area contributed by atoms with E-state index < -0.39 is 15.9 Å². The minimum atomic E-state index is -1.20. The highest BCUT2D eigenvalue weighted by atomic mass is 16.6. The molecule has 4 aromatic carbocycles. The van der Waals surface area contributed by atoms with Crippen LogP contribution >= 0.6 is 0 Å². The van der Waals surface area contributed by atoms with Crippen molar-refractivity contribution in [3.8, 4) is 0 Å². The number of aromatic nitrogens is 1. The zero-order valence-corrected chi connectivity index (χ0v) is 21.8. The predicted molar refractivity (Wildman–Crippen MR) is 152 cm³/mol. The average molecular weight is 528 g/mol. The number of aryl methyl sites for hydroxylation is 1. The number of likely N-dealkylation sites (N-methyl/N-ethyl adjacent to an activating group) is 1. The van der Waals surface area contributed by atoms with Gasteiger partial charge in [-0.25, -0.2) is 0 Å². The molecule has 1 aliphatic heterocycles. The normalized spacial score (nSPS) is 25.5. The Morgan fingerprint density at radius 2 is 1.68 bits per heavy atom. The molecule has 7 heteroatoms. The van der Waals surface area contributed by atoms with E-state index in [2.05, 4.69) is 9.88 Å². The van der Waals surface area contributed by atoms with Gasteiger partial charge < -0.3 is 4.98 Å². The quantitative estimate of drug-likeness (QED) is 0.219. The van der Waals surface area contributed by atoms with Crippen LogP contribution in [0.25, 0.3) is 21.7 Å². The van der Waals surface area contributed by atoms with Gasteiger partial charge in [0.1, 0.15) is 5.54 Å². The molecule has 196 valence electrons. The molecule has 5 aromatic rings. The maximum absolute atomic E-state index is 15.2. The van der Waals surface area contributed by atoms with Crippen LogP contribution in [0.3, 0.4) is 0 Å². The topological polar surface area (TPSA) is 96.3 Å². The van der Waals surface area contributed by atoms with Gasteiger partial charge in [-0.15, -0.1) is 0 Å². The lowest BCUT2D eigenvalue weighted by Crippen LogP contribution is -2.59. The Morgan fingerprint density at radius 1 is 0.925 bits per heavy atom. The number of carbonyl (C=O) groups is 2. The van der Waals surface area contributed by atoms with Crippen molar-refractivity contribution in [3.05, 3.63) is 123 Å². The van der Waals surface area contributed by atoms with Crippen molar-refractivity contribution in [2.45, 2.75) is 24.3 Å². The molecule has 1 saturated heterocycles. The van der Waals surface area contributed by atoms with Gasteiger partial charge in [-0.05, 0) is 53.4 Å². The number of carbonyl (C=O) groups excluding carboxylic acids is 2. The highest BCUT2D eigenvalue weighted by Gasteiger charge is 2.73. The fourth-order valence-corrected chi connectivity index (χ4v) is 8.34. The second kappa shape index (κ2) is 7.73. The molecule has 7 nitrogen and oxygen atoms in total. The molecule has 0 amide bonds. The van der Waals surface area contributed by atoms with Gasteiger partial charge in [0.2, 0.25) is 0 Å². The molecule has 3 atom stereocenters. The Labute approximate surface area is 229 Å². The minimum Gasteiger partial charge on any atom is -0.352 e. The van der Waals surface area contributed by atoms with E-state index in [1.807, 2.05) is 67.7 Å². The molecular weight excluding hydrogens is 502 g/mol. The number of aromatic amines is 1. The van der Waals surface area contributed by atoms with Crippen LogP contribution in [0.1, 0.15) is 49.9 Å². The highest BCUT2D eigenvalue weighted by Crippen LogP contribution is 2.67. The lowest BCUT2D eigenvalue weighted by atomic mass is 9.53. The van der Waals surface area contributed by atoms with E-state index >= 15 is 4.79 Å². The zero-order chi connectivity index (χ0) is 27.4. The lowest BCUT2D eigenvalue weighted by Gasteiger charge is -2.48. The highest BCUT2D eigenvalue weighted by molar-refractivity contribution is 6.24. The van der Waals surface area contributed by atoms with E-state index in [0.29, 0.717) is 30.6 Å². The number of nitro benzene ring substituents is 1. The third-order valence-electron chi connectivity index (χ3n) is 9.86. The van der Waals surface area contributed by atoms with Gasteiger partial charge in [0.25, 0.3) is 5.69 Å². The fraction of sp³-hybridized carbons (Fsp3) is 0.212. The van der Waals surface area contributed by atoms with Crippen molar-refractivity contribution in [1.29, 1.82) is 0 Å². The number of H-pyrrole nitrogens is 1. The molecule has 2 aliphatic carbocycles. The van der Waals surface area contributed by atoms with Crippen molar-refractivity contribution in [1.82, 2.24) is 9.88 Å². The first kappa shape index (κ1) is 23.3. The monoisotopic (exact) mass is 527 g/mol. The summed E-state index contributed by atoms with van der Waals surface area (Å²) in [5, 5.41) is 14.4. The SMILES string of the molecule is CN1C[C@@H](c2ccc([N+](=O)[O-])cc2)[C@@]2(CCc3c([nH]c4ccccc34)C2=O)[C@]12C(=O)c1cccc3cccc2c13. The van der Waals surface area contributed by atoms with Crippen LogP contribution in [0.15, 0.2) is 84.9 Å². The Hall–Kier alpha value is -4.62. The lowest BCUT2D eigenvalue weighted by molar-refractivity contribution is -0.384. The number of ketones is 2. The summed E-state index contributed by atoms with van der Waals surface area (Å²) >= 11 is 0. The zero-order valence-electron chi connectivity index (χ0n) is 21.8. The molecular formula is C33H25N3O4. The van der Waals surface area contributed by atoms with Crippen LogP contribution < -0.4 is 0 Å². The molecule has 40 heavy (non-hydrogen) atoms. The van der Waals surface area contributed by atoms with E-state index in [1.54, 1.807) is 12.1 Å². The summed E-state index contributed by atoms with van der Waals surface area (Å²) in [6.07, 6.45) is 1.13. The third-order valence-corrected chi connectivity index (χ3v) is 9.86. The van der Waals surface area contributed by atoms with Crippen molar-refractivity contribution < 1.29 is 14.5 Å². The second-order valence-electron chi connectivity index (χ2n) is 11.4. The maximum atomic E-state index is 15.2. The molecule has 0 unspecified atom stereocenters. The molecule has 3 aliphatic rings. The molecule has 0 bridgehead atoms. The smallest absolute Gasteiger partial charge is 0.269 e. The number of rotatable bonds is 2. The largest absolute Gasteiger partial charge is 0.352 e. The van der Waals surface area contributed by atoms with E-state index in [0.717, 1.165) is 38.4 Å². The fourth-order valence-electron chi connectivity index (χ4n) is 8.34. The van der Waals surface area contributed by atoms with Gasteiger partial charge in [-0.3, -0.25) is 24.6 Å². The van der Waals surface area contributed by atoms with Gasteiger partial charge in [-0.2, -0.15) is 0 Å². The average Bonchev–Trinajstić information content (AvgIpc) is 3.57. The van der Waals surface area contributed by atoms with Crippen LogP contribution in [0.5, 0.6) is 0 Å². The Bertz CT molecular complexity index is 1940. The summed E-state index contributed by atoms with van der Waals surface area (Å²) in [6.45, 7) is 0.467. The van der Waals surface area contributed by atoms with Gasteiger partial charge in [-0.1, -0.05) is 66.7 Å². The first-order chi connectivity index (χ1) is 19.4. The number of nitro groups is 1. The van der Waals surface area contributed by atoms with E-state index in [4.69, 9.17) is 0 Å². The van der Waals surface area contributed by atoms with Gasteiger partial charge in [0.15, 0.2) is 11.6 Å². The summed E-state index contributed by atoms with van der Waals surface area (Å²) < 4.78 is 0. The van der Waals surface area contributed by atoms with Crippen LogP contribution in [-0.2, 0) is 12.0 Å². The van der Waals surface area contributed by atoms with E-state index in [9.17, 15) is 14.9 Å². The Balaban J connectivity index is 1.44. The summed E-state index contributed by atoms with van der Waals surface area (Å²) in [5.74, 6) is -0.450. The van der Waals surface area contributed by atoms with Crippen LogP contribution in [0.4, 0.5) is 5.69 Å². The number of nitrogens with zero attached hydrogens (tertiary/aromatic N) is 2. The predicted octanol–water partition coefficient (Wildman–Crippen LogP) is 6.17. The van der Waals surface area contributed by atoms with Crippen LogP contribution in [0, 0.1) is 15.5 Å². The number of non-ortho nitro benzene ring substituents is 1. The number of nitrogens with one attached hydrogen (secondary N) is 1. The molecule has 2 heterocycles. The Kier molecular flexibility index (Phi) is 4.50. The number of hydrogen-bond acceptors (Lipinski definition) is 5. The molecule has 0 saturated carbocycles. The first-order valence-corrected chi connectivity index (χ1v) is 13.6. The van der Waals surface area contributed by atoms with Gasteiger partial charge in [0.05, 0.1) is 16.0 Å². The summed E-state index contributed by atoms with van der Waals surface area (Å²) in [7, 11) is 1.95. The van der Waals surface area contributed by atoms with Crippen LogP contribution in [-0.4, -0.2) is 40.0 Å². The summed E-state index contributed by atoms with van der Waals surface area (Å²) in [4.78, 5) is 46.5. The maximum Gasteiger partial charge on any atom is 0.269 e. The molecule has 0 radical (unpaired) electrons. The van der Waals surface area contributed by atoms with Crippen LogP contribution in [0.2, 0.25) is 0 Å². The number of hydrogen-bond donors (Lipinski definition) is 1. The van der Waals surface area contributed by atoms with Crippen molar-refractivity contribution in [2.24, 2.45) is 5.41 Å². The minimum absolute atomic E-state index is 0.000792. The molecule has 1 N–H and O–H groups in total. The number of benzene rings is 4. The van der Waals surface area contributed by atoms with E-state index in [1.165, 1.54) is 12.1 Å². The first-order valence-electron chi connectivity index (χ1n) is 13.6. The number of fused-ring (bicyclic) bond motifs is 5. The molecule has 8 rings (SSSR count).